The lowest BCUT2D eigenvalue weighted by atomic mass is 10.0. The van der Waals surface area contributed by atoms with Crippen molar-refractivity contribution in [3.05, 3.63) is 29.1 Å². The summed E-state index contributed by atoms with van der Waals surface area (Å²) in [4.78, 5) is 6.73. The molecule has 70 valence electrons. The molecule has 0 bridgehead atoms. The second-order valence-electron chi connectivity index (χ2n) is 3.64. The number of nitrogens with two attached hydrogens (primary N) is 1. The first-order valence-corrected chi connectivity index (χ1v) is 4.65. The van der Waals surface area contributed by atoms with Crippen LogP contribution in [0.1, 0.15) is 16.8 Å². The Bertz CT molecular complexity index is 309. The van der Waals surface area contributed by atoms with E-state index in [1.807, 2.05) is 6.20 Å². The first-order valence-electron chi connectivity index (χ1n) is 4.65. The molecule has 3 heteroatoms. The van der Waals surface area contributed by atoms with Gasteiger partial charge in [0, 0.05) is 37.9 Å². The summed E-state index contributed by atoms with van der Waals surface area (Å²) in [5.41, 5.74) is 9.29. The number of aromatic nitrogens is 1. The maximum atomic E-state index is 5.56. The number of fused-ring (bicyclic) bond motifs is 1. The largest absolute Gasteiger partial charge is 0.326 e. The van der Waals surface area contributed by atoms with Gasteiger partial charge in [-0.3, -0.25) is 4.98 Å². The topological polar surface area (TPSA) is 42.2 Å². The molecule has 0 saturated carbocycles. The minimum atomic E-state index is 0.587. The van der Waals surface area contributed by atoms with E-state index in [0.717, 1.165) is 25.1 Å². The molecule has 2 heterocycles. The van der Waals surface area contributed by atoms with Crippen LogP contribution in [-0.2, 0) is 19.5 Å². The Hall–Kier alpha value is -0.930. The van der Waals surface area contributed by atoms with Gasteiger partial charge in [-0.1, -0.05) is 0 Å². The SMILES string of the molecule is CN1CCc2ncc(CN)cc2C1. The monoisotopic (exact) mass is 177 g/mol. The van der Waals surface area contributed by atoms with Crippen molar-refractivity contribution in [2.24, 2.45) is 5.73 Å². The number of hydrogen-bond donors (Lipinski definition) is 1. The molecule has 0 fully saturated rings. The third-order valence-electron chi connectivity index (χ3n) is 2.52. The Morgan fingerprint density at radius 2 is 2.46 bits per heavy atom. The van der Waals surface area contributed by atoms with E-state index in [-0.39, 0.29) is 0 Å². The second kappa shape index (κ2) is 3.44. The average Bonchev–Trinajstić information content (AvgIpc) is 2.16. The van der Waals surface area contributed by atoms with Crippen molar-refractivity contribution < 1.29 is 0 Å². The van der Waals surface area contributed by atoms with E-state index in [2.05, 4.69) is 23.0 Å². The van der Waals surface area contributed by atoms with E-state index < -0.39 is 0 Å². The number of likely N-dealkylation sites (N-methyl/N-ethyl adjacent to an activating group) is 1. The Morgan fingerprint density at radius 1 is 1.62 bits per heavy atom. The van der Waals surface area contributed by atoms with Crippen molar-refractivity contribution in [2.75, 3.05) is 13.6 Å². The van der Waals surface area contributed by atoms with Crippen molar-refractivity contribution >= 4 is 0 Å². The minimum Gasteiger partial charge on any atom is -0.326 e. The molecule has 1 aromatic rings. The van der Waals surface area contributed by atoms with Gasteiger partial charge in [-0.05, 0) is 24.2 Å². The zero-order chi connectivity index (χ0) is 9.26. The normalized spacial score (nSPS) is 17.1. The fraction of sp³-hybridized carbons (Fsp3) is 0.500. The van der Waals surface area contributed by atoms with E-state index in [1.54, 1.807) is 0 Å². The lowest BCUT2D eigenvalue weighted by molar-refractivity contribution is 0.309. The first kappa shape index (κ1) is 8.66. The van der Waals surface area contributed by atoms with Gasteiger partial charge in [-0.25, -0.2) is 0 Å². The van der Waals surface area contributed by atoms with Crippen LogP contribution in [0.15, 0.2) is 12.3 Å². The summed E-state index contributed by atoms with van der Waals surface area (Å²) >= 11 is 0. The third kappa shape index (κ3) is 1.71. The molecule has 0 amide bonds. The molecule has 1 aliphatic heterocycles. The van der Waals surface area contributed by atoms with E-state index in [4.69, 9.17) is 5.73 Å². The summed E-state index contributed by atoms with van der Waals surface area (Å²) in [7, 11) is 2.14. The molecule has 0 saturated heterocycles. The molecule has 3 nitrogen and oxygen atoms in total. The van der Waals surface area contributed by atoms with Crippen LogP contribution in [-0.4, -0.2) is 23.5 Å². The number of pyridine rings is 1. The summed E-state index contributed by atoms with van der Waals surface area (Å²) in [5.74, 6) is 0. The highest BCUT2D eigenvalue weighted by atomic mass is 15.1. The first-order chi connectivity index (χ1) is 6.29. The van der Waals surface area contributed by atoms with Crippen LogP contribution in [0.2, 0.25) is 0 Å². The van der Waals surface area contributed by atoms with Gasteiger partial charge < -0.3 is 10.6 Å². The van der Waals surface area contributed by atoms with Gasteiger partial charge in [-0.15, -0.1) is 0 Å². The zero-order valence-corrected chi connectivity index (χ0v) is 7.95. The molecule has 2 N–H and O–H groups in total. The van der Waals surface area contributed by atoms with Crippen LogP contribution in [0.4, 0.5) is 0 Å². The van der Waals surface area contributed by atoms with Crippen LogP contribution < -0.4 is 5.73 Å². The van der Waals surface area contributed by atoms with E-state index in [1.165, 1.54) is 11.3 Å². The highest BCUT2D eigenvalue weighted by Crippen LogP contribution is 2.16. The molecular weight excluding hydrogens is 162 g/mol. The molecule has 0 atom stereocenters. The minimum absolute atomic E-state index is 0.587. The number of hydrogen-bond acceptors (Lipinski definition) is 3. The van der Waals surface area contributed by atoms with Gasteiger partial charge in [0.05, 0.1) is 0 Å². The summed E-state index contributed by atoms with van der Waals surface area (Å²) in [6.07, 6.45) is 2.96. The van der Waals surface area contributed by atoms with E-state index in [9.17, 15) is 0 Å². The lowest BCUT2D eigenvalue weighted by Crippen LogP contribution is -2.27. The standard InChI is InChI=1S/C10H15N3/c1-13-3-2-10-9(7-13)4-8(5-11)6-12-10/h4,6H,2-3,5,7,11H2,1H3. The Balaban J connectivity index is 2.32. The maximum absolute atomic E-state index is 5.56. The smallest absolute Gasteiger partial charge is 0.0461 e. The Kier molecular flexibility index (Phi) is 2.29. The van der Waals surface area contributed by atoms with Crippen molar-refractivity contribution in [2.45, 2.75) is 19.5 Å². The molecule has 0 unspecified atom stereocenters. The van der Waals surface area contributed by atoms with Gasteiger partial charge >= 0.3 is 0 Å². The lowest BCUT2D eigenvalue weighted by Gasteiger charge is -2.24. The molecule has 0 spiro atoms. The highest BCUT2D eigenvalue weighted by molar-refractivity contribution is 5.27. The van der Waals surface area contributed by atoms with Crippen LogP contribution in [0.5, 0.6) is 0 Å². The number of rotatable bonds is 1. The van der Waals surface area contributed by atoms with Gasteiger partial charge in [0.15, 0.2) is 0 Å². The molecule has 0 aromatic carbocycles. The van der Waals surface area contributed by atoms with Crippen molar-refractivity contribution in [1.29, 1.82) is 0 Å². The van der Waals surface area contributed by atoms with Gasteiger partial charge in [0.1, 0.15) is 0 Å². The molecule has 1 aromatic heterocycles. The molecular formula is C10H15N3. The maximum Gasteiger partial charge on any atom is 0.0461 e. The van der Waals surface area contributed by atoms with Gasteiger partial charge in [-0.2, -0.15) is 0 Å². The van der Waals surface area contributed by atoms with Crippen molar-refractivity contribution in [3.8, 4) is 0 Å². The fourth-order valence-electron chi connectivity index (χ4n) is 1.73. The summed E-state index contributed by atoms with van der Waals surface area (Å²) in [6, 6.07) is 2.18. The Morgan fingerprint density at radius 3 is 3.23 bits per heavy atom. The molecule has 0 aliphatic carbocycles. The molecule has 13 heavy (non-hydrogen) atoms. The second-order valence-corrected chi connectivity index (χ2v) is 3.64. The predicted octanol–water partition coefficient (Wildman–Crippen LogP) is 0.528. The summed E-state index contributed by atoms with van der Waals surface area (Å²) < 4.78 is 0. The third-order valence-corrected chi connectivity index (χ3v) is 2.52. The van der Waals surface area contributed by atoms with Crippen molar-refractivity contribution in [3.63, 3.8) is 0 Å². The van der Waals surface area contributed by atoms with Crippen LogP contribution in [0.3, 0.4) is 0 Å². The molecule has 0 radical (unpaired) electrons. The number of nitrogens with zero attached hydrogens (tertiary/aromatic N) is 2. The predicted molar refractivity (Wildman–Crippen MR) is 52.2 cm³/mol. The van der Waals surface area contributed by atoms with Crippen LogP contribution in [0, 0.1) is 0 Å². The average molecular weight is 177 g/mol. The molecule has 2 rings (SSSR count). The van der Waals surface area contributed by atoms with Gasteiger partial charge in [0.25, 0.3) is 0 Å². The summed E-state index contributed by atoms with van der Waals surface area (Å²) in [6.45, 7) is 2.71. The van der Waals surface area contributed by atoms with Crippen LogP contribution in [0.25, 0.3) is 0 Å². The fourth-order valence-corrected chi connectivity index (χ4v) is 1.73. The quantitative estimate of drug-likeness (QED) is 0.680. The van der Waals surface area contributed by atoms with E-state index in [0.29, 0.717) is 6.54 Å². The van der Waals surface area contributed by atoms with E-state index >= 15 is 0 Å². The Labute approximate surface area is 78.6 Å². The molecule has 1 aliphatic rings. The van der Waals surface area contributed by atoms with Crippen LogP contribution >= 0.6 is 0 Å². The van der Waals surface area contributed by atoms with Crippen molar-refractivity contribution in [1.82, 2.24) is 9.88 Å². The summed E-state index contributed by atoms with van der Waals surface area (Å²) in [5, 5.41) is 0. The van der Waals surface area contributed by atoms with Gasteiger partial charge in [0.2, 0.25) is 0 Å². The highest BCUT2D eigenvalue weighted by Gasteiger charge is 2.13. The zero-order valence-electron chi connectivity index (χ0n) is 7.95.